The molecule has 0 atom stereocenters. The first kappa shape index (κ1) is 18.0. The standard InChI is InChI=1S/C17H23N7O2/c1-4-12-6-7-13(19-10-12)11-24(2)17-16(18-8-5-9-25-3)20-14-15(21-17)23-26-22-14/h6-7,10H,4-5,8-9,11H2,1-3H3,(H,18,20,22). The Balaban J connectivity index is 1.80. The van der Waals surface area contributed by atoms with Crippen LogP contribution in [-0.4, -0.2) is 52.6 Å². The predicted octanol–water partition coefficient (Wildman–Crippen LogP) is 2.05. The number of aromatic nitrogens is 5. The third-order valence-corrected chi connectivity index (χ3v) is 3.97. The first-order valence-electron chi connectivity index (χ1n) is 8.59. The smallest absolute Gasteiger partial charge is 0.245 e. The Morgan fingerprint density at radius 3 is 2.69 bits per heavy atom. The average molecular weight is 357 g/mol. The van der Waals surface area contributed by atoms with Crippen LogP contribution in [0.15, 0.2) is 23.0 Å². The molecule has 3 rings (SSSR count). The number of aryl methyl sites for hydroxylation is 1. The van der Waals surface area contributed by atoms with Crippen molar-refractivity contribution in [3.8, 4) is 0 Å². The molecule has 3 aromatic heterocycles. The minimum Gasteiger partial charge on any atom is -0.385 e. The highest BCUT2D eigenvalue weighted by atomic mass is 16.6. The van der Waals surface area contributed by atoms with Gasteiger partial charge in [0.25, 0.3) is 0 Å². The van der Waals surface area contributed by atoms with Crippen LogP contribution in [0, 0.1) is 0 Å². The van der Waals surface area contributed by atoms with Crippen molar-refractivity contribution in [2.24, 2.45) is 0 Å². The van der Waals surface area contributed by atoms with Crippen molar-refractivity contribution >= 4 is 22.9 Å². The van der Waals surface area contributed by atoms with Gasteiger partial charge >= 0.3 is 0 Å². The lowest BCUT2D eigenvalue weighted by molar-refractivity contribution is 0.198. The number of hydrogen-bond acceptors (Lipinski definition) is 9. The molecule has 0 radical (unpaired) electrons. The summed E-state index contributed by atoms with van der Waals surface area (Å²) < 4.78 is 9.82. The Hall–Kier alpha value is -2.81. The third kappa shape index (κ3) is 4.23. The van der Waals surface area contributed by atoms with E-state index in [1.165, 1.54) is 5.56 Å². The Bertz CT molecular complexity index is 835. The minimum atomic E-state index is 0.377. The highest BCUT2D eigenvalue weighted by Crippen LogP contribution is 2.24. The van der Waals surface area contributed by atoms with Gasteiger partial charge in [0.15, 0.2) is 11.6 Å². The number of rotatable bonds is 9. The molecule has 0 fully saturated rings. The zero-order valence-corrected chi connectivity index (χ0v) is 15.3. The van der Waals surface area contributed by atoms with Crippen molar-refractivity contribution in [1.29, 1.82) is 0 Å². The van der Waals surface area contributed by atoms with Crippen molar-refractivity contribution < 1.29 is 9.37 Å². The summed E-state index contributed by atoms with van der Waals surface area (Å²) in [4.78, 5) is 15.5. The molecule has 1 N–H and O–H groups in total. The summed E-state index contributed by atoms with van der Waals surface area (Å²) in [7, 11) is 3.63. The number of pyridine rings is 1. The number of ether oxygens (including phenoxy) is 1. The summed E-state index contributed by atoms with van der Waals surface area (Å²) in [5, 5.41) is 10.9. The summed E-state index contributed by atoms with van der Waals surface area (Å²) in [6.07, 6.45) is 3.74. The Morgan fingerprint density at radius 1 is 1.19 bits per heavy atom. The van der Waals surface area contributed by atoms with Crippen molar-refractivity contribution in [1.82, 2.24) is 25.3 Å². The Labute approximate surface area is 151 Å². The van der Waals surface area contributed by atoms with Gasteiger partial charge in [-0.2, -0.15) is 0 Å². The molecule has 0 bridgehead atoms. The van der Waals surface area contributed by atoms with Gasteiger partial charge in [-0.1, -0.05) is 13.0 Å². The number of hydrogen-bond donors (Lipinski definition) is 1. The van der Waals surface area contributed by atoms with E-state index in [2.05, 4.69) is 43.6 Å². The van der Waals surface area contributed by atoms with Gasteiger partial charge in [-0.25, -0.2) is 14.6 Å². The molecule has 0 saturated carbocycles. The highest BCUT2D eigenvalue weighted by Gasteiger charge is 2.16. The fraction of sp³-hybridized carbons (Fsp3) is 0.471. The largest absolute Gasteiger partial charge is 0.385 e. The lowest BCUT2D eigenvalue weighted by Crippen LogP contribution is -2.21. The first-order valence-corrected chi connectivity index (χ1v) is 8.59. The summed E-state index contributed by atoms with van der Waals surface area (Å²) >= 11 is 0. The molecule has 0 unspecified atom stereocenters. The van der Waals surface area contributed by atoms with Gasteiger partial charge in [0.1, 0.15) is 0 Å². The Morgan fingerprint density at radius 2 is 2.00 bits per heavy atom. The molecule has 138 valence electrons. The van der Waals surface area contributed by atoms with E-state index in [4.69, 9.17) is 9.37 Å². The molecule has 0 spiro atoms. The number of nitrogens with one attached hydrogen (secondary N) is 1. The summed E-state index contributed by atoms with van der Waals surface area (Å²) in [6.45, 7) is 4.10. The second-order valence-corrected chi connectivity index (χ2v) is 5.95. The van der Waals surface area contributed by atoms with Crippen LogP contribution in [0.3, 0.4) is 0 Å². The topological polar surface area (TPSA) is 102 Å². The lowest BCUT2D eigenvalue weighted by Gasteiger charge is -2.20. The second-order valence-electron chi connectivity index (χ2n) is 5.95. The maximum Gasteiger partial charge on any atom is 0.245 e. The van der Waals surface area contributed by atoms with E-state index in [0.717, 1.165) is 18.5 Å². The Kier molecular flexibility index (Phi) is 5.90. The summed E-state index contributed by atoms with van der Waals surface area (Å²) in [5.41, 5.74) is 2.92. The van der Waals surface area contributed by atoms with E-state index in [9.17, 15) is 0 Å². The van der Waals surface area contributed by atoms with Crippen molar-refractivity contribution in [2.75, 3.05) is 37.5 Å². The van der Waals surface area contributed by atoms with E-state index in [1.807, 2.05) is 24.2 Å². The number of methoxy groups -OCH3 is 1. The predicted molar refractivity (Wildman–Crippen MR) is 98.1 cm³/mol. The van der Waals surface area contributed by atoms with Crippen LogP contribution in [-0.2, 0) is 17.7 Å². The molecule has 26 heavy (non-hydrogen) atoms. The summed E-state index contributed by atoms with van der Waals surface area (Å²) in [6, 6.07) is 4.13. The zero-order valence-electron chi connectivity index (χ0n) is 15.3. The maximum atomic E-state index is 5.08. The SMILES string of the molecule is CCc1ccc(CN(C)c2nc3nonc3nc2NCCCOC)nc1. The number of nitrogens with zero attached hydrogens (tertiary/aromatic N) is 6. The van der Waals surface area contributed by atoms with Gasteiger partial charge in [0, 0.05) is 33.5 Å². The van der Waals surface area contributed by atoms with Gasteiger partial charge in [0.05, 0.1) is 12.2 Å². The quantitative estimate of drug-likeness (QED) is 0.576. The molecule has 3 aromatic rings. The number of anilines is 2. The second kappa shape index (κ2) is 8.52. The van der Waals surface area contributed by atoms with E-state index in [1.54, 1.807) is 7.11 Å². The molecule has 0 aliphatic carbocycles. The van der Waals surface area contributed by atoms with Crippen LogP contribution in [0.25, 0.3) is 11.3 Å². The first-order chi connectivity index (χ1) is 12.7. The van der Waals surface area contributed by atoms with Crippen LogP contribution in [0.2, 0.25) is 0 Å². The van der Waals surface area contributed by atoms with E-state index in [0.29, 0.717) is 42.6 Å². The van der Waals surface area contributed by atoms with Gasteiger partial charge in [-0.05, 0) is 34.8 Å². The average Bonchev–Trinajstić information content (AvgIpc) is 3.12. The van der Waals surface area contributed by atoms with Crippen molar-refractivity contribution in [2.45, 2.75) is 26.3 Å². The molecule has 3 heterocycles. The van der Waals surface area contributed by atoms with Crippen LogP contribution < -0.4 is 10.2 Å². The minimum absolute atomic E-state index is 0.377. The van der Waals surface area contributed by atoms with Crippen molar-refractivity contribution in [3.05, 3.63) is 29.6 Å². The maximum absolute atomic E-state index is 5.08. The van der Waals surface area contributed by atoms with Gasteiger partial charge in [-0.3, -0.25) is 4.98 Å². The van der Waals surface area contributed by atoms with E-state index in [-0.39, 0.29) is 0 Å². The van der Waals surface area contributed by atoms with Crippen LogP contribution in [0.4, 0.5) is 11.6 Å². The fourth-order valence-corrected chi connectivity index (χ4v) is 2.51. The van der Waals surface area contributed by atoms with Gasteiger partial charge in [-0.15, -0.1) is 0 Å². The normalized spacial score (nSPS) is 11.0. The molecule has 0 amide bonds. The van der Waals surface area contributed by atoms with Gasteiger partial charge in [0.2, 0.25) is 11.3 Å². The molecule has 0 aliphatic heterocycles. The summed E-state index contributed by atoms with van der Waals surface area (Å²) in [5.74, 6) is 1.31. The van der Waals surface area contributed by atoms with E-state index < -0.39 is 0 Å². The monoisotopic (exact) mass is 357 g/mol. The molecule has 9 nitrogen and oxygen atoms in total. The lowest BCUT2D eigenvalue weighted by atomic mass is 10.2. The van der Waals surface area contributed by atoms with Crippen LogP contribution in [0.5, 0.6) is 0 Å². The zero-order chi connectivity index (χ0) is 18.4. The molecular formula is C17H23N7O2. The number of fused-ring (bicyclic) bond motifs is 1. The highest BCUT2D eigenvalue weighted by molar-refractivity contribution is 5.73. The molecule has 0 aliphatic rings. The van der Waals surface area contributed by atoms with Gasteiger partial charge < -0.3 is 15.0 Å². The third-order valence-electron chi connectivity index (χ3n) is 3.97. The molecule has 9 heteroatoms. The molecule has 0 aromatic carbocycles. The fourth-order valence-electron chi connectivity index (χ4n) is 2.51. The molecular weight excluding hydrogens is 334 g/mol. The molecule has 0 saturated heterocycles. The van der Waals surface area contributed by atoms with E-state index >= 15 is 0 Å². The van der Waals surface area contributed by atoms with Crippen molar-refractivity contribution in [3.63, 3.8) is 0 Å². The van der Waals surface area contributed by atoms with Crippen LogP contribution >= 0.6 is 0 Å². The van der Waals surface area contributed by atoms with Crippen LogP contribution in [0.1, 0.15) is 24.6 Å².